The minimum absolute atomic E-state index is 0.466. The second-order valence-electron chi connectivity index (χ2n) is 4.64. The predicted octanol–water partition coefficient (Wildman–Crippen LogP) is 4.28. The Hall–Kier alpha value is -1.52. The highest BCUT2D eigenvalue weighted by Crippen LogP contribution is 2.33. The SMILES string of the molecule is COc1ccc(N(C)c2ccc([C@@H](C)O)cc2Br)cc1. The van der Waals surface area contributed by atoms with Gasteiger partial charge in [0.25, 0.3) is 0 Å². The number of ether oxygens (including phenoxy) is 1. The zero-order valence-corrected chi connectivity index (χ0v) is 13.4. The van der Waals surface area contributed by atoms with Crippen LogP contribution in [0, 0.1) is 0 Å². The van der Waals surface area contributed by atoms with Gasteiger partial charge in [-0.1, -0.05) is 6.07 Å². The first-order chi connectivity index (χ1) is 9.52. The Morgan fingerprint density at radius 2 is 1.80 bits per heavy atom. The first-order valence-electron chi connectivity index (χ1n) is 6.38. The van der Waals surface area contributed by atoms with E-state index in [4.69, 9.17) is 4.74 Å². The molecular formula is C16H18BrNO2. The fourth-order valence-electron chi connectivity index (χ4n) is 2.00. The molecule has 0 heterocycles. The highest BCUT2D eigenvalue weighted by atomic mass is 79.9. The first-order valence-corrected chi connectivity index (χ1v) is 7.17. The van der Waals surface area contributed by atoms with Gasteiger partial charge in [-0.15, -0.1) is 0 Å². The minimum atomic E-state index is -0.466. The summed E-state index contributed by atoms with van der Waals surface area (Å²) in [7, 11) is 3.66. The second kappa shape index (κ2) is 6.29. The maximum absolute atomic E-state index is 9.60. The number of methoxy groups -OCH3 is 1. The Kier molecular flexibility index (Phi) is 4.68. The summed E-state index contributed by atoms with van der Waals surface area (Å²) < 4.78 is 6.12. The van der Waals surface area contributed by atoms with Crippen molar-refractivity contribution in [1.29, 1.82) is 0 Å². The van der Waals surface area contributed by atoms with Crippen molar-refractivity contribution in [2.45, 2.75) is 13.0 Å². The lowest BCUT2D eigenvalue weighted by Crippen LogP contribution is -2.10. The summed E-state index contributed by atoms with van der Waals surface area (Å²) in [5, 5.41) is 9.60. The van der Waals surface area contributed by atoms with E-state index in [0.717, 1.165) is 27.2 Å². The number of hydrogen-bond donors (Lipinski definition) is 1. The number of anilines is 2. The molecule has 0 fully saturated rings. The lowest BCUT2D eigenvalue weighted by atomic mass is 10.1. The highest BCUT2D eigenvalue weighted by molar-refractivity contribution is 9.10. The van der Waals surface area contributed by atoms with E-state index >= 15 is 0 Å². The Labute approximate surface area is 127 Å². The highest BCUT2D eigenvalue weighted by Gasteiger charge is 2.10. The van der Waals surface area contributed by atoms with E-state index in [1.165, 1.54) is 0 Å². The largest absolute Gasteiger partial charge is 0.497 e. The quantitative estimate of drug-likeness (QED) is 0.905. The number of hydrogen-bond acceptors (Lipinski definition) is 3. The molecule has 0 radical (unpaired) electrons. The number of benzene rings is 2. The van der Waals surface area contributed by atoms with Gasteiger partial charge >= 0.3 is 0 Å². The van der Waals surface area contributed by atoms with Crippen LogP contribution >= 0.6 is 15.9 Å². The number of aliphatic hydroxyl groups is 1. The molecular weight excluding hydrogens is 318 g/mol. The van der Waals surface area contributed by atoms with Crippen LogP contribution in [0.4, 0.5) is 11.4 Å². The van der Waals surface area contributed by atoms with Crippen LogP contribution in [0.3, 0.4) is 0 Å². The smallest absolute Gasteiger partial charge is 0.119 e. The molecule has 0 aromatic heterocycles. The van der Waals surface area contributed by atoms with Crippen LogP contribution in [0.25, 0.3) is 0 Å². The van der Waals surface area contributed by atoms with Crippen molar-refractivity contribution >= 4 is 27.3 Å². The van der Waals surface area contributed by atoms with Crippen LogP contribution in [-0.4, -0.2) is 19.3 Å². The van der Waals surface area contributed by atoms with Crippen molar-refractivity contribution in [1.82, 2.24) is 0 Å². The summed E-state index contributed by atoms with van der Waals surface area (Å²) in [4.78, 5) is 2.08. The Balaban J connectivity index is 2.30. The van der Waals surface area contributed by atoms with Gasteiger partial charge in [0.1, 0.15) is 5.75 Å². The summed E-state index contributed by atoms with van der Waals surface area (Å²) in [6, 6.07) is 13.8. The van der Waals surface area contributed by atoms with Crippen LogP contribution in [0.2, 0.25) is 0 Å². The fourth-order valence-corrected chi connectivity index (χ4v) is 2.66. The summed E-state index contributed by atoms with van der Waals surface area (Å²) in [5.41, 5.74) is 3.00. The van der Waals surface area contributed by atoms with Crippen molar-refractivity contribution in [3.05, 3.63) is 52.5 Å². The van der Waals surface area contributed by atoms with Crippen LogP contribution in [0.15, 0.2) is 46.9 Å². The Bertz CT molecular complexity index is 582. The zero-order chi connectivity index (χ0) is 14.7. The summed E-state index contributed by atoms with van der Waals surface area (Å²) in [5.74, 6) is 0.839. The molecule has 1 N–H and O–H groups in total. The van der Waals surface area contributed by atoms with Gasteiger partial charge in [-0.05, 0) is 64.8 Å². The van der Waals surface area contributed by atoms with Gasteiger partial charge in [-0.25, -0.2) is 0 Å². The van der Waals surface area contributed by atoms with E-state index < -0.39 is 6.10 Å². The number of halogens is 1. The third-order valence-corrected chi connectivity index (χ3v) is 3.91. The molecule has 4 heteroatoms. The van der Waals surface area contributed by atoms with Crippen LogP contribution < -0.4 is 9.64 Å². The first kappa shape index (κ1) is 14.9. The molecule has 2 rings (SSSR count). The van der Waals surface area contributed by atoms with Gasteiger partial charge in [0.15, 0.2) is 0 Å². The molecule has 1 atom stereocenters. The van der Waals surface area contributed by atoms with Gasteiger partial charge < -0.3 is 14.7 Å². The van der Waals surface area contributed by atoms with E-state index in [1.807, 2.05) is 49.5 Å². The molecule has 3 nitrogen and oxygen atoms in total. The fraction of sp³-hybridized carbons (Fsp3) is 0.250. The van der Waals surface area contributed by atoms with Crippen molar-refractivity contribution in [2.24, 2.45) is 0 Å². The lowest BCUT2D eigenvalue weighted by Gasteiger charge is -2.22. The summed E-state index contributed by atoms with van der Waals surface area (Å²) in [6.07, 6.45) is -0.466. The van der Waals surface area contributed by atoms with Gasteiger partial charge in [0.05, 0.1) is 18.9 Å². The molecule has 0 unspecified atom stereocenters. The van der Waals surface area contributed by atoms with E-state index in [2.05, 4.69) is 20.8 Å². The lowest BCUT2D eigenvalue weighted by molar-refractivity contribution is 0.199. The second-order valence-corrected chi connectivity index (χ2v) is 5.50. The van der Waals surface area contributed by atoms with Crippen LogP contribution in [0.5, 0.6) is 5.75 Å². The molecule has 106 valence electrons. The summed E-state index contributed by atoms with van der Waals surface area (Å²) >= 11 is 3.56. The van der Waals surface area contributed by atoms with Crippen molar-refractivity contribution < 1.29 is 9.84 Å². The van der Waals surface area contributed by atoms with E-state index in [1.54, 1.807) is 14.0 Å². The molecule has 0 amide bonds. The Morgan fingerprint density at radius 1 is 1.15 bits per heavy atom. The molecule has 0 bridgehead atoms. The third-order valence-electron chi connectivity index (χ3n) is 3.28. The molecule has 0 saturated heterocycles. The third kappa shape index (κ3) is 3.14. The van der Waals surface area contributed by atoms with Crippen molar-refractivity contribution in [3.8, 4) is 5.75 Å². The summed E-state index contributed by atoms with van der Waals surface area (Å²) in [6.45, 7) is 1.76. The molecule has 0 aliphatic carbocycles. The van der Waals surface area contributed by atoms with Gasteiger partial charge in [0.2, 0.25) is 0 Å². The normalized spacial score (nSPS) is 12.1. The maximum atomic E-state index is 9.60. The van der Waals surface area contributed by atoms with Gasteiger partial charge in [-0.2, -0.15) is 0 Å². The van der Waals surface area contributed by atoms with Crippen LogP contribution in [0.1, 0.15) is 18.6 Å². The predicted molar refractivity (Wildman–Crippen MR) is 85.8 cm³/mol. The molecule has 0 spiro atoms. The number of aliphatic hydroxyl groups excluding tert-OH is 1. The van der Waals surface area contributed by atoms with Crippen molar-refractivity contribution in [2.75, 3.05) is 19.1 Å². The topological polar surface area (TPSA) is 32.7 Å². The number of nitrogens with zero attached hydrogens (tertiary/aromatic N) is 1. The molecule has 2 aromatic rings. The van der Waals surface area contributed by atoms with Crippen LogP contribution in [-0.2, 0) is 0 Å². The minimum Gasteiger partial charge on any atom is -0.497 e. The maximum Gasteiger partial charge on any atom is 0.119 e. The molecule has 0 aliphatic heterocycles. The average Bonchev–Trinajstić information content (AvgIpc) is 2.46. The molecule has 20 heavy (non-hydrogen) atoms. The Morgan fingerprint density at radius 3 is 2.30 bits per heavy atom. The van der Waals surface area contributed by atoms with Gasteiger partial charge in [-0.3, -0.25) is 0 Å². The molecule has 0 aliphatic rings. The van der Waals surface area contributed by atoms with E-state index in [9.17, 15) is 5.11 Å². The van der Waals surface area contributed by atoms with E-state index in [-0.39, 0.29) is 0 Å². The van der Waals surface area contributed by atoms with E-state index in [0.29, 0.717) is 0 Å². The average molecular weight is 336 g/mol. The molecule has 0 saturated carbocycles. The molecule has 2 aromatic carbocycles. The van der Waals surface area contributed by atoms with Crippen molar-refractivity contribution in [3.63, 3.8) is 0 Å². The van der Waals surface area contributed by atoms with Gasteiger partial charge in [0, 0.05) is 17.2 Å². The standard InChI is InChI=1S/C16H18BrNO2/c1-11(19)12-4-9-16(15(17)10-12)18(2)13-5-7-14(20-3)8-6-13/h4-11,19H,1-3H3/t11-/m1/s1. The monoisotopic (exact) mass is 335 g/mol. The number of rotatable bonds is 4. The zero-order valence-electron chi connectivity index (χ0n) is 11.8.